The number of methoxy groups -OCH3 is 1. The van der Waals surface area contributed by atoms with Gasteiger partial charge in [0, 0.05) is 13.1 Å². The molecule has 1 N–H and O–H groups in total. The average Bonchev–Trinajstić information content (AvgIpc) is 2.77. The number of halogens is 5. The van der Waals surface area contributed by atoms with E-state index in [1.165, 1.54) is 7.11 Å². The number of hydrogen-bond acceptors (Lipinski definition) is 4. The summed E-state index contributed by atoms with van der Waals surface area (Å²) in [4.78, 5) is 15.5. The first-order valence-corrected chi connectivity index (χ1v) is 11.2. The van der Waals surface area contributed by atoms with E-state index in [0.29, 0.717) is 37.5 Å². The molecular formula is C23H25Cl2F3N2O3. The summed E-state index contributed by atoms with van der Waals surface area (Å²) in [5, 5.41) is 2.11. The number of carbonyl (C=O) groups excluding carboxylic acids is 1. The van der Waals surface area contributed by atoms with Crippen molar-refractivity contribution >= 4 is 34.8 Å². The lowest BCUT2D eigenvalue weighted by Crippen LogP contribution is -2.38. The molecule has 1 aliphatic rings. The van der Waals surface area contributed by atoms with Crippen molar-refractivity contribution in [2.24, 2.45) is 0 Å². The number of morpholine rings is 1. The number of ether oxygens (including phenoxy) is 2. The molecule has 0 aromatic heterocycles. The molecule has 1 atom stereocenters. The van der Waals surface area contributed by atoms with Gasteiger partial charge in [0.15, 0.2) is 0 Å². The molecule has 1 unspecified atom stereocenters. The molecule has 1 aliphatic heterocycles. The number of nitrogens with one attached hydrogen (secondary N) is 1. The lowest BCUT2D eigenvalue weighted by molar-refractivity contribution is -0.137. The fourth-order valence-electron chi connectivity index (χ4n) is 3.74. The molecule has 33 heavy (non-hydrogen) atoms. The summed E-state index contributed by atoms with van der Waals surface area (Å²) < 4.78 is 51.5. The van der Waals surface area contributed by atoms with Gasteiger partial charge in [-0.1, -0.05) is 35.3 Å². The largest absolute Gasteiger partial charge is 0.496 e. The van der Waals surface area contributed by atoms with Crippen LogP contribution in [0.15, 0.2) is 30.3 Å². The van der Waals surface area contributed by atoms with Crippen LogP contribution in [0.3, 0.4) is 0 Å². The number of carbonyl (C=O) groups is 1. The molecule has 2 aromatic carbocycles. The van der Waals surface area contributed by atoms with Crippen molar-refractivity contribution in [2.45, 2.75) is 25.4 Å². The highest BCUT2D eigenvalue weighted by Crippen LogP contribution is 2.40. The van der Waals surface area contributed by atoms with E-state index in [4.69, 9.17) is 32.7 Å². The van der Waals surface area contributed by atoms with Gasteiger partial charge in [0.25, 0.3) is 0 Å². The Balaban J connectivity index is 1.91. The van der Waals surface area contributed by atoms with Gasteiger partial charge in [0.05, 0.1) is 47.5 Å². The standard InChI is InChI=1S/C23H25Cl2F3N2O3/c1-14-3-4-15(11-21(14)32-2)16(5-6-30-7-9-33-10-8-30)22(31)29-20-13-19(25)18(24)12-17(20)23(26,27)28/h3-4,11-13,16H,5-10H2,1-2H3,(H,29,31). The maximum Gasteiger partial charge on any atom is 0.418 e. The van der Waals surface area contributed by atoms with Crippen molar-refractivity contribution in [3.8, 4) is 5.75 Å². The van der Waals surface area contributed by atoms with Gasteiger partial charge in [-0.25, -0.2) is 0 Å². The molecule has 3 rings (SSSR count). The van der Waals surface area contributed by atoms with E-state index in [0.717, 1.165) is 30.8 Å². The molecule has 0 spiro atoms. The second-order valence-electron chi connectivity index (χ2n) is 7.82. The minimum absolute atomic E-state index is 0.0816. The molecule has 0 aliphatic carbocycles. The zero-order chi connectivity index (χ0) is 24.2. The van der Waals surface area contributed by atoms with Crippen LogP contribution < -0.4 is 10.1 Å². The fraction of sp³-hybridized carbons (Fsp3) is 0.435. The summed E-state index contributed by atoms with van der Waals surface area (Å²) in [6.45, 7) is 5.13. The molecule has 10 heteroatoms. The summed E-state index contributed by atoms with van der Waals surface area (Å²) in [5.74, 6) is -0.682. The molecular weight excluding hydrogens is 480 g/mol. The van der Waals surface area contributed by atoms with E-state index < -0.39 is 29.3 Å². The lowest BCUT2D eigenvalue weighted by atomic mass is 9.93. The lowest BCUT2D eigenvalue weighted by Gasteiger charge is -2.28. The van der Waals surface area contributed by atoms with Gasteiger partial charge < -0.3 is 14.8 Å². The SMILES string of the molecule is COc1cc(C(CCN2CCOCC2)C(=O)Nc2cc(Cl)c(Cl)cc2C(F)(F)F)ccc1C. The van der Waals surface area contributed by atoms with Crippen molar-refractivity contribution in [3.05, 3.63) is 57.1 Å². The van der Waals surface area contributed by atoms with Crippen LogP contribution in [0.1, 0.15) is 29.0 Å². The Morgan fingerprint density at radius 2 is 1.85 bits per heavy atom. The first-order valence-electron chi connectivity index (χ1n) is 10.4. The number of anilines is 1. The van der Waals surface area contributed by atoms with E-state index in [2.05, 4.69) is 10.2 Å². The van der Waals surface area contributed by atoms with E-state index in [-0.39, 0.29) is 10.0 Å². The third-order valence-corrected chi connectivity index (χ3v) is 6.33. The molecule has 1 saturated heterocycles. The summed E-state index contributed by atoms with van der Waals surface area (Å²) in [6.07, 6.45) is -4.31. The van der Waals surface area contributed by atoms with Crippen LogP contribution in [0.2, 0.25) is 10.0 Å². The molecule has 5 nitrogen and oxygen atoms in total. The zero-order valence-corrected chi connectivity index (χ0v) is 19.8. The van der Waals surface area contributed by atoms with Gasteiger partial charge in [-0.2, -0.15) is 13.2 Å². The Labute approximate surface area is 200 Å². The Morgan fingerprint density at radius 1 is 1.18 bits per heavy atom. The van der Waals surface area contributed by atoms with Crippen LogP contribution >= 0.6 is 23.2 Å². The molecule has 0 saturated carbocycles. The van der Waals surface area contributed by atoms with E-state index in [1.54, 1.807) is 12.1 Å². The molecule has 0 bridgehead atoms. The average molecular weight is 505 g/mol. The molecule has 1 amide bonds. The summed E-state index contributed by atoms with van der Waals surface area (Å²) in [6, 6.07) is 7.11. The minimum atomic E-state index is -4.72. The van der Waals surface area contributed by atoms with Crippen molar-refractivity contribution in [3.63, 3.8) is 0 Å². The van der Waals surface area contributed by atoms with Crippen molar-refractivity contribution in [1.82, 2.24) is 4.90 Å². The second kappa shape index (κ2) is 11.0. The maximum atomic E-state index is 13.6. The topological polar surface area (TPSA) is 50.8 Å². The number of rotatable bonds is 7. The highest BCUT2D eigenvalue weighted by Gasteiger charge is 2.35. The third-order valence-electron chi connectivity index (χ3n) is 5.61. The van der Waals surface area contributed by atoms with E-state index in [9.17, 15) is 18.0 Å². The molecule has 0 radical (unpaired) electrons. The van der Waals surface area contributed by atoms with Crippen LogP contribution in [-0.4, -0.2) is 50.8 Å². The highest BCUT2D eigenvalue weighted by atomic mass is 35.5. The Bertz CT molecular complexity index is 996. The summed E-state index contributed by atoms with van der Waals surface area (Å²) in [7, 11) is 1.53. The Kier molecular flexibility index (Phi) is 8.50. The minimum Gasteiger partial charge on any atom is -0.496 e. The number of nitrogens with zero attached hydrogens (tertiary/aromatic N) is 1. The number of amides is 1. The highest BCUT2D eigenvalue weighted by molar-refractivity contribution is 6.42. The zero-order valence-electron chi connectivity index (χ0n) is 18.3. The van der Waals surface area contributed by atoms with Crippen LogP contribution in [0.5, 0.6) is 5.75 Å². The van der Waals surface area contributed by atoms with Crippen LogP contribution in [0.4, 0.5) is 18.9 Å². The molecule has 180 valence electrons. The summed E-state index contributed by atoms with van der Waals surface area (Å²) >= 11 is 11.7. The number of aryl methyl sites for hydroxylation is 1. The van der Waals surface area contributed by atoms with E-state index >= 15 is 0 Å². The van der Waals surface area contributed by atoms with Crippen LogP contribution in [-0.2, 0) is 15.7 Å². The van der Waals surface area contributed by atoms with Gasteiger partial charge in [0.1, 0.15) is 5.75 Å². The number of hydrogen-bond donors (Lipinski definition) is 1. The van der Waals surface area contributed by atoms with Crippen LogP contribution in [0, 0.1) is 6.92 Å². The van der Waals surface area contributed by atoms with Gasteiger partial charge in [-0.15, -0.1) is 0 Å². The molecule has 2 aromatic rings. The number of benzene rings is 2. The quantitative estimate of drug-likeness (QED) is 0.519. The first kappa shape index (κ1) is 25.6. The van der Waals surface area contributed by atoms with Gasteiger partial charge >= 0.3 is 6.18 Å². The normalized spacial score (nSPS) is 15.8. The van der Waals surface area contributed by atoms with Gasteiger partial charge in [0.2, 0.25) is 5.91 Å². The predicted molar refractivity (Wildman–Crippen MR) is 122 cm³/mol. The van der Waals surface area contributed by atoms with Crippen LogP contribution in [0.25, 0.3) is 0 Å². The van der Waals surface area contributed by atoms with Gasteiger partial charge in [-0.3, -0.25) is 9.69 Å². The van der Waals surface area contributed by atoms with Crippen molar-refractivity contribution in [2.75, 3.05) is 45.3 Å². The Morgan fingerprint density at radius 3 is 2.48 bits per heavy atom. The van der Waals surface area contributed by atoms with Crippen molar-refractivity contribution < 1.29 is 27.4 Å². The number of alkyl halides is 3. The second-order valence-corrected chi connectivity index (χ2v) is 8.64. The monoisotopic (exact) mass is 504 g/mol. The predicted octanol–water partition coefficient (Wildman–Crippen LogP) is 5.77. The first-order chi connectivity index (χ1) is 15.6. The van der Waals surface area contributed by atoms with E-state index in [1.807, 2.05) is 13.0 Å². The molecule has 1 fully saturated rings. The Hall–Kier alpha value is -2.00. The smallest absolute Gasteiger partial charge is 0.418 e. The summed E-state index contributed by atoms with van der Waals surface area (Å²) in [5.41, 5.74) is 0.0465. The molecule has 1 heterocycles. The maximum absolute atomic E-state index is 13.6. The third kappa shape index (κ3) is 6.53. The fourth-order valence-corrected chi connectivity index (χ4v) is 4.07. The van der Waals surface area contributed by atoms with Crippen molar-refractivity contribution in [1.29, 1.82) is 0 Å². The van der Waals surface area contributed by atoms with Gasteiger partial charge in [-0.05, 0) is 49.2 Å².